The number of anilines is 1. The van der Waals surface area contributed by atoms with Crippen molar-refractivity contribution in [3.8, 4) is 6.07 Å². The minimum Gasteiger partial charge on any atom is -0.444 e. The van der Waals surface area contributed by atoms with Gasteiger partial charge >= 0.3 is 6.09 Å². The fourth-order valence-electron chi connectivity index (χ4n) is 2.83. The third-order valence-electron chi connectivity index (χ3n) is 4.02. The van der Waals surface area contributed by atoms with Gasteiger partial charge in [-0.15, -0.1) is 0 Å². The van der Waals surface area contributed by atoms with Gasteiger partial charge in [0.2, 0.25) is 0 Å². The SMILES string of the molecule is C[C@@H]1CN(c2ccc(C#N)c(F)c2)[C@@H](C)CN1C(=O)OC(C)(C)C. The van der Waals surface area contributed by atoms with Gasteiger partial charge in [-0.2, -0.15) is 5.26 Å². The zero-order chi connectivity index (χ0) is 18.1. The van der Waals surface area contributed by atoms with E-state index in [1.807, 2.05) is 40.7 Å². The van der Waals surface area contributed by atoms with Crippen molar-refractivity contribution in [3.63, 3.8) is 0 Å². The van der Waals surface area contributed by atoms with Crippen molar-refractivity contribution in [1.82, 2.24) is 4.90 Å². The molecule has 2 atom stereocenters. The minimum absolute atomic E-state index is 0.0149. The summed E-state index contributed by atoms with van der Waals surface area (Å²) in [4.78, 5) is 16.1. The number of rotatable bonds is 1. The lowest BCUT2D eigenvalue weighted by atomic mass is 10.1. The second kappa shape index (κ2) is 6.68. The molecule has 5 nitrogen and oxygen atoms in total. The van der Waals surface area contributed by atoms with Crippen LogP contribution in [0.15, 0.2) is 18.2 Å². The van der Waals surface area contributed by atoms with Gasteiger partial charge in [0.1, 0.15) is 17.5 Å². The molecule has 0 unspecified atom stereocenters. The Morgan fingerprint density at radius 1 is 1.29 bits per heavy atom. The summed E-state index contributed by atoms with van der Waals surface area (Å²) in [5, 5.41) is 8.84. The maximum Gasteiger partial charge on any atom is 0.410 e. The number of carbonyl (C=O) groups excluding carboxylic acids is 1. The number of nitrogens with zero attached hydrogens (tertiary/aromatic N) is 3. The molecule has 1 aliphatic rings. The number of amides is 1. The summed E-state index contributed by atoms with van der Waals surface area (Å²) in [5.74, 6) is -0.524. The van der Waals surface area contributed by atoms with Crippen LogP contribution in [0.3, 0.4) is 0 Å². The number of hydrogen-bond acceptors (Lipinski definition) is 4. The van der Waals surface area contributed by atoms with Gasteiger partial charge in [-0.3, -0.25) is 0 Å². The highest BCUT2D eigenvalue weighted by atomic mass is 19.1. The summed E-state index contributed by atoms with van der Waals surface area (Å²) in [5.41, 5.74) is 0.217. The first-order valence-electron chi connectivity index (χ1n) is 8.08. The first-order chi connectivity index (χ1) is 11.1. The Morgan fingerprint density at radius 2 is 1.96 bits per heavy atom. The molecule has 0 saturated carbocycles. The highest BCUT2D eigenvalue weighted by Crippen LogP contribution is 2.26. The van der Waals surface area contributed by atoms with Crippen LogP contribution >= 0.6 is 0 Å². The van der Waals surface area contributed by atoms with Crippen molar-refractivity contribution < 1.29 is 13.9 Å². The number of ether oxygens (including phenoxy) is 1. The Kier molecular flexibility index (Phi) is 5.02. The zero-order valence-electron chi connectivity index (χ0n) is 14.8. The van der Waals surface area contributed by atoms with E-state index in [2.05, 4.69) is 4.90 Å². The second-order valence-corrected chi connectivity index (χ2v) is 7.26. The molecule has 0 aromatic heterocycles. The third kappa shape index (κ3) is 3.97. The molecule has 1 fully saturated rings. The molecule has 1 aromatic carbocycles. The lowest BCUT2D eigenvalue weighted by Gasteiger charge is -2.45. The van der Waals surface area contributed by atoms with Crippen LogP contribution in [0.4, 0.5) is 14.9 Å². The number of piperazine rings is 1. The van der Waals surface area contributed by atoms with E-state index in [4.69, 9.17) is 10.00 Å². The average Bonchev–Trinajstić information content (AvgIpc) is 2.47. The van der Waals surface area contributed by atoms with Crippen LogP contribution in [0, 0.1) is 17.1 Å². The molecule has 0 radical (unpaired) electrons. The van der Waals surface area contributed by atoms with E-state index in [0.29, 0.717) is 13.1 Å². The molecule has 0 bridgehead atoms. The molecular weight excluding hydrogens is 309 g/mol. The highest BCUT2D eigenvalue weighted by molar-refractivity contribution is 5.69. The number of hydrogen-bond donors (Lipinski definition) is 0. The van der Waals surface area contributed by atoms with Crippen molar-refractivity contribution in [2.45, 2.75) is 52.3 Å². The molecule has 6 heteroatoms. The summed E-state index contributed by atoms with van der Waals surface area (Å²) < 4.78 is 19.3. The highest BCUT2D eigenvalue weighted by Gasteiger charge is 2.34. The molecule has 130 valence electrons. The number of benzene rings is 1. The van der Waals surface area contributed by atoms with Gasteiger partial charge in [-0.05, 0) is 52.8 Å². The molecule has 1 aromatic rings. The Morgan fingerprint density at radius 3 is 2.50 bits per heavy atom. The summed E-state index contributed by atoms with van der Waals surface area (Å²) >= 11 is 0. The number of carbonyl (C=O) groups is 1. The largest absolute Gasteiger partial charge is 0.444 e. The van der Waals surface area contributed by atoms with Gasteiger partial charge in [-0.25, -0.2) is 9.18 Å². The van der Waals surface area contributed by atoms with E-state index in [0.717, 1.165) is 5.69 Å². The molecule has 1 amide bonds. The Hall–Kier alpha value is -2.29. The Balaban J connectivity index is 2.15. The maximum atomic E-state index is 13.9. The lowest BCUT2D eigenvalue weighted by Crippen LogP contribution is -2.59. The van der Waals surface area contributed by atoms with Gasteiger partial charge in [0.25, 0.3) is 0 Å². The monoisotopic (exact) mass is 333 g/mol. The summed E-state index contributed by atoms with van der Waals surface area (Å²) in [6, 6.07) is 6.39. The summed E-state index contributed by atoms with van der Waals surface area (Å²) in [6.07, 6.45) is -0.326. The molecule has 1 heterocycles. The van der Waals surface area contributed by atoms with Crippen molar-refractivity contribution in [2.75, 3.05) is 18.0 Å². The first-order valence-corrected chi connectivity index (χ1v) is 8.08. The van der Waals surface area contributed by atoms with Crippen molar-refractivity contribution in [2.24, 2.45) is 0 Å². The molecule has 0 N–H and O–H groups in total. The van der Waals surface area contributed by atoms with E-state index < -0.39 is 11.4 Å². The zero-order valence-corrected chi connectivity index (χ0v) is 14.8. The lowest BCUT2D eigenvalue weighted by molar-refractivity contribution is 0.0130. The van der Waals surface area contributed by atoms with Crippen molar-refractivity contribution in [3.05, 3.63) is 29.6 Å². The van der Waals surface area contributed by atoms with Gasteiger partial charge in [0.05, 0.1) is 5.56 Å². The van der Waals surface area contributed by atoms with Crippen LogP contribution in [0.5, 0.6) is 0 Å². The van der Waals surface area contributed by atoms with Crippen LogP contribution in [-0.4, -0.2) is 41.8 Å². The quantitative estimate of drug-likeness (QED) is 0.789. The van der Waals surface area contributed by atoms with Crippen LogP contribution < -0.4 is 4.90 Å². The predicted molar refractivity (Wildman–Crippen MR) is 90.3 cm³/mol. The number of nitriles is 1. The van der Waals surface area contributed by atoms with Crippen LogP contribution in [0.25, 0.3) is 0 Å². The Bertz CT molecular complexity index is 663. The predicted octanol–water partition coefficient (Wildman–Crippen LogP) is 3.53. The van der Waals surface area contributed by atoms with Gasteiger partial charge < -0.3 is 14.5 Å². The van der Waals surface area contributed by atoms with Crippen molar-refractivity contribution >= 4 is 11.8 Å². The van der Waals surface area contributed by atoms with E-state index in [9.17, 15) is 9.18 Å². The fourth-order valence-corrected chi connectivity index (χ4v) is 2.83. The van der Waals surface area contributed by atoms with Crippen molar-refractivity contribution in [1.29, 1.82) is 5.26 Å². The van der Waals surface area contributed by atoms with E-state index in [1.54, 1.807) is 11.0 Å². The molecule has 1 saturated heterocycles. The first kappa shape index (κ1) is 18.1. The summed E-state index contributed by atoms with van der Waals surface area (Å²) in [7, 11) is 0. The molecular formula is C18H24FN3O2. The topological polar surface area (TPSA) is 56.6 Å². The molecule has 0 aliphatic carbocycles. The fraction of sp³-hybridized carbons (Fsp3) is 0.556. The van der Waals surface area contributed by atoms with E-state index >= 15 is 0 Å². The second-order valence-electron chi connectivity index (χ2n) is 7.26. The van der Waals surface area contributed by atoms with E-state index in [-0.39, 0.29) is 23.7 Å². The smallest absolute Gasteiger partial charge is 0.410 e. The standard InChI is InChI=1S/C18H24FN3O2/c1-12-11-22(17(23)24-18(3,4)5)13(2)10-21(12)15-7-6-14(9-20)16(19)8-15/h6-8,12-13H,10-11H2,1-5H3/t12-,13+/m0/s1. The van der Waals surface area contributed by atoms with Crippen LogP contribution in [0.2, 0.25) is 0 Å². The Labute approximate surface area is 142 Å². The molecule has 1 aliphatic heterocycles. The van der Waals surface area contributed by atoms with E-state index in [1.165, 1.54) is 12.1 Å². The summed E-state index contributed by atoms with van der Waals surface area (Å²) in [6.45, 7) is 10.5. The minimum atomic E-state index is -0.534. The van der Waals surface area contributed by atoms with Crippen LogP contribution in [-0.2, 0) is 4.74 Å². The maximum absolute atomic E-state index is 13.9. The molecule has 24 heavy (non-hydrogen) atoms. The third-order valence-corrected chi connectivity index (χ3v) is 4.02. The van der Waals surface area contributed by atoms with Gasteiger partial charge in [-0.1, -0.05) is 0 Å². The van der Waals surface area contributed by atoms with Gasteiger partial charge in [0, 0.05) is 30.9 Å². The molecule has 0 spiro atoms. The van der Waals surface area contributed by atoms with Crippen LogP contribution in [0.1, 0.15) is 40.2 Å². The van der Waals surface area contributed by atoms with Gasteiger partial charge in [0.15, 0.2) is 0 Å². The number of halogens is 1. The normalized spacial score (nSPS) is 21.4. The average molecular weight is 333 g/mol. The molecule has 2 rings (SSSR count).